The van der Waals surface area contributed by atoms with Crippen LogP contribution >= 0.6 is 11.3 Å². The Morgan fingerprint density at radius 2 is 1.89 bits per heavy atom. The number of nitrogens with one attached hydrogen (secondary N) is 1. The van der Waals surface area contributed by atoms with Gasteiger partial charge in [0.2, 0.25) is 5.91 Å². The van der Waals surface area contributed by atoms with Crippen molar-refractivity contribution in [2.75, 3.05) is 6.54 Å². The standard InChI is InChI=1S/C28H43N5OS/c1-5-20-8-9-21(15-20)28(34)29-25(26-7-6-14-35-26)12-13-32-22-10-11-23(32)17-24(16-22)33-19(4)30-31-27(33)18(2)3/h6-7,14,18,20-25H,5,8-13,15-17H2,1-4H3,(H,29,34)/t20?,21?,22-,23+,24?,25-/m0/s1. The smallest absolute Gasteiger partial charge is 0.223 e. The van der Waals surface area contributed by atoms with E-state index in [0.717, 1.165) is 43.4 Å². The average Bonchev–Trinajstić information content (AvgIpc) is 3.63. The van der Waals surface area contributed by atoms with E-state index in [9.17, 15) is 4.79 Å². The molecule has 0 spiro atoms. The summed E-state index contributed by atoms with van der Waals surface area (Å²) >= 11 is 1.78. The molecule has 2 aliphatic heterocycles. The van der Waals surface area contributed by atoms with Gasteiger partial charge in [-0.1, -0.05) is 33.3 Å². The third-order valence-corrected chi connectivity index (χ3v) is 9.99. The number of nitrogens with zero attached hydrogens (tertiary/aromatic N) is 4. The van der Waals surface area contributed by atoms with Crippen LogP contribution in [0.1, 0.15) is 113 Å². The Hall–Kier alpha value is -1.73. The van der Waals surface area contributed by atoms with E-state index in [4.69, 9.17) is 0 Å². The molecular weight excluding hydrogens is 454 g/mol. The first-order valence-electron chi connectivity index (χ1n) is 14.0. The second-order valence-electron chi connectivity index (χ2n) is 11.5. The number of aryl methyl sites for hydroxylation is 1. The van der Waals surface area contributed by atoms with Crippen LogP contribution in [0.2, 0.25) is 0 Å². The number of rotatable bonds is 9. The van der Waals surface area contributed by atoms with E-state index < -0.39 is 0 Å². The highest BCUT2D eigenvalue weighted by molar-refractivity contribution is 7.10. The summed E-state index contributed by atoms with van der Waals surface area (Å²) < 4.78 is 2.44. The van der Waals surface area contributed by atoms with Gasteiger partial charge in [-0.3, -0.25) is 9.69 Å². The van der Waals surface area contributed by atoms with Crippen molar-refractivity contribution in [2.45, 2.75) is 116 Å². The first-order valence-corrected chi connectivity index (χ1v) is 14.8. The lowest BCUT2D eigenvalue weighted by molar-refractivity contribution is -0.125. The molecule has 2 aromatic rings. The van der Waals surface area contributed by atoms with Crippen LogP contribution in [0.25, 0.3) is 0 Å². The van der Waals surface area contributed by atoms with Crippen LogP contribution < -0.4 is 5.32 Å². The van der Waals surface area contributed by atoms with E-state index in [0.29, 0.717) is 24.0 Å². The summed E-state index contributed by atoms with van der Waals surface area (Å²) in [6.07, 6.45) is 10.5. The van der Waals surface area contributed by atoms with Gasteiger partial charge in [-0.15, -0.1) is 21.5 Å². The maximum Gasteiger partial charge on any atom is 0.223 e. The number of fused-ring (bicyclic) bond motifs is 2. The molecular formula is C28H43N5OS. The molecule has 5 rings (SSSR count). The minimum atomic E-state index is 0.132. The van der Waals surface area contributed by atoms with Crippen LogP contribution in [0.5, 0.6) is 0 Å². The number of amides is 1. The molecule has 1 saturated carbocycles. The molecule has 4 heterocycles. The van der Waals surface area contributed by atoms with E-state index in [2.05, 4.69) is 70.2 Å². The summed E-state index contributed by atoms with van der Waals surface area (Å²) in [6.45, 7) is 9.86. The minimum absolute atomic E-state index is 0.132. The maximum atomic E-state index is 13.2. The topological polar surface area (TPSA) is 63.1 Å². The number of aromatic nitrogens is 3. The van der Waals surface area contributed by atoms with E-state index >= 15 is 0 Å². The fraction of sp³-hybridized carbons (Fsp3) is 0.750. The van der Waals surface area contributed by atoms with Gasteiger partial charge in [0.1, 0.15) is 11.6 Å². The third-order valence-electron chi connectivity index (χ3n) is 9.00. The Morgan fingerprint density at radius 3 is 2.51 bits per heavy atom. The van der Waals surface area contributed by atoms with E-state index in [1.165, 1.54) is 43.4 Å². The number of hydrogen-bond acceptors (Lipinski definition) is 5. The number of carbonyl (C=O) groups excluding carboxylic acids is 1. The number of piperidine rings is 1. The van der Waals surface area contributed by atoms with Gasteiger partial charge in [0.05, 0.1) is 6.04 Å². The maximum absolute atomic E-state index is 13.2. The van der Waals surface area contributed by atoms with E-state index in [-0.39, 0.29) is 17.9 Å². The Morgan fingerprint density at radius 1 is 1.11 bits per heavy atom. The Labute approximate surface area is 214 Å². The lowest BCUT2D eigenvalue weighted by Gasteiger charge is -2.40. The van der Waals surface area contributed by atoms with Crippen LogP contribution in [0.15, 0.2) is 17.5 Å². The summed E-state index contributed by atoms with van der Waals surface area (Å²) in [5.41, 5.74) is 0. The molecule has 7 heteroatoms. The summed E-state index contributed by atoms with van der Waals surface area (Å²) in [5.74, 6) is 3.81. The van der Waals surface area contributed by atoms with Gasteiger partial charge in [-0.25, -0.2) is 0 Å². The molecule has 3 aliphatic rings. The second-order valence-corrected chi connectivity index (χ2v) is 12.5. The summed E-state index contributed by atoms with van der Waals surface area (Å²) in [5, 5.41) is 14.5. The zero-order chi connectivity index (χ0) is 24.5. The van der Waals surface area contributed by atoms with Crippen molar-refractivity contribution >= 4 is 17.2 Å². The van der Waals surface area contributed by atoms with Gasteiger partial charge in [0.15, 0.2) is 0 Å². The largest absolute Gasteiger partial charge is 0.348 e. The SMILES string of the molecule is CCC1CCC(C(=O)N[C@@H](CCN2[C@@H]3CC[C@H]2CC(n2c(C)nnc2C(C)C)C3)c2cccs2)C1. The molecule has 2 aromatic heterocycles. The molecule has 0 aromatic carbocycles. The van der Waals surface area contributed by atoms with Gasteiger partial charge in [0, 0.05) is 41.4 Å². The monoisotopic (exact) mass is 497 g/mol. The molecule has 1 N–H and O–H groups in total. The molecule has 35 heavy (non-hydrogen) atoms. The van der Waals surface area contributed by atoms with Crippen molar-refractivity contribution < 1.29 is 4.79 Å². The summed E-state index contributed by atoms with van der Waals surface area (Å²) in [4.78, 5) is 17.2. The number of hydrogen-bond donors (Lipinski definition) is 1. The van der Waals surface area contributed by atoms with Crippen LogP contribution in [-0.2, 0) is 4.79 Å². The molecule has 2 saturated heterocycles. The van der Waals surface area contributed by atoms with Gasteiger partial charge in [-0.05, 0) is 75.7 Å². The van der Waals surface area contributed by atoms with Crippen molar-refractivity contribution in [3.05, 3.63) is 34.0 Å². The highest BCUT2D eigenvalue weighted by Gasteiger charge is 2.42. The predicted molar refractivity (Wildman–Crippen MR) is 142 cm³/mol. The van der Waals surface area contributed by atoms with E-state index in [1.54, 1.807) is 11.3 Å². The summed E-state index contributed by atoms with van der Waals surface area (Å²) in [7, 11) is 0. The van der Waals surface area contributed by atoms with Crippen molar-refractivity contribution in [1.29, 1.82) is 0 Å². The molecule has 6 atom stereocenters. The van der Waals surface area contributed by atoms with Crippen molar-refractivity contribution in [1.82, 2.24) is 25.0 Å². The zero-order valence-corrected chi connectivity index (χ0v) is 22.8. The lowest BCUT2D eigenvalue weighted by atomic mass is 9.95. The normalized spacial score (nSPS) is 29.7. The molecule has 6 nitrogen and oxygen atoms in total. The van der Waals surface area contributed by atoms with Crippen molar-refractivity contribution in [2.24, 2.45) is 11.8 Å². The minimum Gasteiger partial charge on any atom is -0.348 e. The highest BCUT2D eigenvalue weighted by atomic mass is 32.1. The second kappa shape index (κ2) is 10.7. The fourth-order valence-corrected chi connectivity index (χ4v) is 7.89. The van der Waals surface area contributed by atoms with Gasteiger partial charge in [-0.2, -0.15) is 0 Å². The quantitative estimate of drug-likeness (QED) is 0.461. The van der Waals surface area contributed by atoms with Crippen molar-refractivity contribution in [3.8, 4) is 0 Å². The highest BCUT2D eigenvalue weighted by Crippen LogP contribution is 2.42. The van der Waals surface area contributed by atoms with Crippen LogP contribution in [0.3, 0.4) is 0 Å². The molecule has 1 aliphatic carbocycles. The first-order chi connectivity index (χ1) is 16.9. The van der Waals surface area contributed by atoms with Gasteiger partial charge >= 0.3 is 0 Å². The van der Waals surface area contributed by atoms with Crippen molar-refractivity contribution in [3.63, 3.8) is 0 Å². The Balaban J connectivity index is 1.23. The molecule has 192 valence electrons. The Kier molecular flexibility index (Phi) is 7.63. The van der Waals surface area contributed by atoms with Crippen LogP contribution in [0.4, 0.5) is 0 Å². The number of carbonyl (C=O) groups is 1. The molecule has 3 unspecified atom stereocenters. The predicted octanol–water partition coefficient (Wildman–Crippen LogP) is 6.01. The zero-order valence-electron chi connectivity index (χ0n) is 21.9. The average molecular weight is 498 g/mol. The fourth-order valence-electron chi connectivity index (χ4n) is 7.08. The van der Waals surface area contributed by atoms with Crippen LogP contribution in [0, 0.1) is 18.8 Å². The molecule has 2 bridgehead atoms. The third kappa shape index (κ3) is 5.22. The molecule has 3 fully saturated rings. The lowest BCUT2D eigenvalue weighted by Crippen LogP contribution is -2.45. The van der Waals surface area contributed by atoms with Gasteiger partial charge in [0.25, 0.3) is 0 Å². The molecule has 1 amide bonds. The summed E-state index contributed by atoms with van der Waals surface area (Å²) in [6, 6.07) is 6.21. The Bertz CT molecular complexity index is 972. The first kappa shape index (κ1) is 24.9. The van der Waals surface area contributed by atoms with Gasteiger partial charge < -0.3 is 9.88 Å². The molecule has 0 radical (unpaired) electrons. The van der Waals surface area contributed by atoms with E-state index in [1.807, 2.05) is 0 Å². The van der Waals surface area contributed by atoms with Crippen LogP contribution in [-0.4, -0.2) is 44.2 Å². The number of thiophene rings is 1.